The summed E-state index contributed by atoms with van der Waals surface area (Å²) >= 11 is 1.37. The van der Waals surface area contributed by atoms with E-state index in [2.05, 4.69) is 12.2 Å². The summed E-state index contributed by atoms with van der Waals surface area (Å²) in [5.41, 5.74) is -0.759. The Hall–Kier alpha value is -1.86. The van der Waals surface area contributed by atoms with Crippen molar-refractivity contribution in [3.63, 3.8) is 0 Å². The lowest BCUT2D eigenvalue weighted by Crippen LogP contribution is -2.40. The lowest BCUT2D eigenvalue weighted by atomic mass is 10.00. The van der Waals surface area contributed by atoms with Gasteiger partial charge in [-0.05, 0) is 13.0 Å². The van der Waals surface area contributed by atoms with E-state index >= 15 is 0 Å². The highest BCUT2D eigenvalue weighted by Crippen LogP contribution is 2.31. The van der Waals surface area contributed by atoms with Gasteiger partial charge < -0.3 is 19.6 Å². The largest absolute Gasteiger partial charge is 0.477 e. The smallest absolute Gasteiger partial charge is 0.351 e. The third-order valence-corrected chi connectivity index (χ3v) is 4.39. The number of aromatic carboxylic acids is 1. The Balaban J connectivity index is 1.90. The number of anilines is 1. The third-order valence-electron chi connectivity index (χ3n) is 3.39. The van der Waals surface area contributed by atoms with Crippen molar-refractivity contribution in [1.82, 2.24) is 0 Å². The van der Waals surface area contributed by atoms with Crippen molar-refractivity contribution in [1.29, 1.82) is 0 Å². The van der Waals surface area contributed by atoms with E-state index in [1.54, 1.807) is 6.07 Å². The zero-order valence-electron chi connectivity index (χ0n) is 10.7. The summed E-state index contributed by atoms with van der Waals surface area (Å²) in [4.78, 5) is 22.4. The van der Waals surface area contributed by atoms with Gasteiger partial charge in [-0.2, -0.15) is 0 Å². The third kappa shape index (κ3) is 2.30. The number of hydrogen-bond acceptors (Lipinski definition) is 6. The molecule has 1 aliphatic heterocycles. The van der Waals surface area contributed by atoms with Crippen molar-refractivity contribution in [2.24, 2.45) is 5.92 Å². The molecule has 20 heavy (non-hydrogen) atoms. The van der Waals surface area contributed by atoms with Gasteiger partial charge >= 0.3 is 11.6 Å². The van der Waals surface area contributed by atoms with E-state index in [1.165, 1.54) is 17.4 Å². The van der Waals surface area contributed by atoms with Gasteiger partial charge in [0.05, 0.1) is 22.9 Å². The van der Waals surface area contributed by atoms with E-state index < -0.39 is 11.6 Å². The predicted octanol–water partition coefficient (Wildman–Crippen LogP) is 2.00. The molecule has 0 aliphatic carbocycles. The van der Waals surface area contributed by atoms with Gasteiger partial charge in [-0.15, -0.1) is 11.3 Å². The molecule has 6 nitrogen and oxygen atoms in total. The Kier molecular flexibility index (Phi) is 3.23. The fourth-order valence-electron chi connectivity index (χ4n) is 2.02. The average molecular weight is 295 g/mol. The number of rotatable bonds is 4. The molecule has 2 aromatic rings. The van der Waals surface area contributed by atoms with Gasteiger partial charge in [0.2, 0.25) is 0 Å². The Labute approximate surface area is 118 Å². The summed E-state index contributed by atoms with van der Waals surface area (Å²) in [5.74, 6) is -0.801. The first kappa shape index (κ1) is 13.1. The van der Waals surface area contributed by atoms with Crippen molar-refractivity contribution in [2.45, 2.75) is 13.0 Å². The minimum atomic E-state index is -1.27. The molecule has 3 rings (SSSR count). The molecule has 0 saturated carbocycles. The maximum Gasteiger partial charge on any atom is 0.351 e. The second kappa shape index (κ2) is 4.92. The van der Waals surface area contributed by atoms with Gasteiger partial charge in [0.1, 0.15) is 5.56 Å². The molecule has 1 saturated heterocycles. The molecule has 2 N–H and O–H groups in total. The van der Waals surface area contributed by atoms with Crippen molar-refractivity contribution in [3.8, 4) is 0 Å². The molecule has 1 fully saturated rings. The van der Waals surface area contributed by atoms with Crippen LogP contribution in [0.2, 0.25) is 0 Å². The van der Waals surface area contributed by atoms with Crippen LogP contribution < -0.4 is 10.9 Å². The molecule has 2 aromatic heterocycles. The molecular weight excluding hydrogens is 282 g/mol. The molecular formula is C13H13NO5S. The van der Waals surface area contributed by atoms with Crippen LogP contribution in [0.4, 0.5) is 5.00 Å². The molecule has 1 aliphatic rings. The summed E-state index contributed by atoms with van der Waals surface area (Å²) < 4.78 is 10.8. The molecule has 1 atom stereocenters. The van der Waals surface area contributed by atoms with Crippen molar-refractivity contribution < 1.29 is 19.1 Å². The SMILES string of the molecule is CC(Nc1cc2oc(=O)c(C(=O)O)cc2s1)C1COC1. The molecule has 0 spiro atoms. The maximum atomic E-state index is 11.5. The van der Waals surface area contributed by atoms with Crippen LogP contribution in [0.5, 0.6) is 0 Å². The molecule has 0 aromatic carbocycles. The normalized spacial score (nSPS) is 16.9. The predicted molar refractivity (Wildman–Crippen MR) is 74.7 cm³/mol. The number of carbonyl (C=O) groups is 1. The van der Waals surface area contributed by atoms with E-state index in [-0.39, 0.29) is 11.6 Å². The summed E-state index contributed by atoms with van der Waals surface area (Å²) in [6.07, 6.45) is 0. The molecule has 106 valence electrons. The zero-order chi connectivity index (χ0) is 14.3. The maximum absolute atomic E-state index is 11.5. The Morgan fingerprint density at radius 3 is 2.85 bits per heavy atom. The van der Waals surface area contributed by atoms with Crippen LogP contribution in [0.25, 0.3) is 10.3 Å². The Bertz CT molecular complexity index is 715. The minimum absolute atomic E-state index is 0.252. The van der Waals surface area contributed by atoms with E-state index in [0.717, 1.165) is 18.2 Å². The first-order valence-corrected chi connectivity index (χ1v) is 7.01. The fourth-order valence-corrected chi connectivity index (χ4v) is 3.04. The van der Waals surface area contributed by atoms with E-state index in [1.807, 2.05) is 0 Å². The highest BCUT2D eigenvalue weighted by atomic mass is 32.1. The summed E-state index contributed by atoms with van der Waals surface area (Å²) in [7, 11) is 0. The second-order valence-corrected chi connectivity index (χ2v) is 5.91. The van der Waals surface area contributed by atoms with Crippen molar-refractivity contribution in [3.05, 3.63) is 28.1 Å². The first-order valence-electron chi connectivity index (χ1n) is 6.20. The number of carboxylic acids is 1. The Morgan fingerprint density at radius 2 is 2.25 bits per heavy atom. The second-order valence-electron chi connectivity index (χ2n) is 4.82. The van der Waals surface area contributed by atoms with Gasteiger partial charge in [-0.25, -0.2) is 9.59 Å². The fraction of sp³-hybridized carbons (Fsp3) is 0.385. The zero-order valence-corrected chi connectivity index (χ0v) is 11.5. The average Bonchev–Trinajstić information content (AvgIpc) is 2.66. The molecule has 0 bridgehead atoms. The van der Waals surface area contributed by atoms with Gasteiger partial charge in [-0.3, -0.25) is 0 Å². The topological polar surface area (TPSA) is 88.8 Å². The number of hydrogen-bond donors (Lipinski definition) is 2. The molecule has 7 heteroatoms. The Morgan fingerprint density at radius 1 is 1.50 bits per heavy atom. The van der Waals surface area contributed by atoms with Crippen LogP contribution in [-0.2, 0) is 4.74 Å². The van der Waals surface area contributed by atoms with Crippen molar-refractivity contribution >= 4 is 32.6 Å². The standard InChI is InChI=1S/C13H13NO5S/c1-6(7-4-18-5-7)14-11-3-9-10(20-11)2-8(12(15)16)13(17)19-9/h2-3,6-7,14H,4-5H2,1H3,(H,15,16). The molecule has 0 radical (unpaired) electrons. The van der Waals surface area contributed by atoms with Crippen LogP contribution >= 0.6 is 11.3 Å². The van der Waals surface area contributed by atoms with E-state index in [0.29, 0.717) is 16.2 Å². The van der Waals surface area contributed by atoms with Gasteiger partial charge in [0, 0.05) is 18.0 Å². The first-order chi connectivity index (χ1) is 9.54. The summed E-state index contributed by atoms with van der Waals surface area (Å²) in [5, 5.41) is 13.1. The minimum Gasteiger partial charge on any atom is -0.477 e. The van der Waals surface area contributed by atoms with Crippen LogP contribution in [0, 0.1) is 5.92 Å². The number of carboxylic acid groups (broad SMARTS) is 1. The van der Waals surface area contributed by atoms with Crippen LogP contribution in [0.1, 0.15) is 17.3 Å². The molecule has 3 heterocycles. The summed E-state index contributed by atoms with van der Waals surface area (Å²) in [6, 6.07) is 3.34. The quantitative estimate of drug-likeness (QED) is 0.897. The number of fused-ring (bicyclic) bond motifs is 1. The highest BCUT2D eigenvalue weighted by molar-refractivity contribution is 7.22. The highest BCUT2D eigenvalue weighted by Gasteiger charge is 2.25. The van der Waals surface area contributed by atoms with Crippen LogP contribution in [0.3, 0.4) is 0 Å². The molecule has 0 amide bonds. The van der Waals surface area contributed by atoms with Crippen LogP contribution in [-0.4, -0.2) is 30.3 Å². The van der Waals surface area contributed by atoms with Gasteiger partial charge in [-0.1, -0.05) is 0 Å². The number of nitrogens with one attached hydrogen (secondary N) is 1. The lowest BCUT2D eigenvalue weighted by molar-refractivity contribution is -0.0378. The van der Waals surface area contributed by atoms with E-state index in [4.69, 9.17) is 14.3 Å². The van der Waals surface area contributed by atoms with Gasteiger partial charge in [0.15, 0.2) is 5.58 Å². The van der Waals surface area contributed by atoms with Crippen molar-refractivity contribution in [2.75, 3.05) is 18.5 Å². The molecule has 1 unspecified atom stereocenters. The number of thiophene rings is 1. The number of ether oxygens (including phenoxy) is 1. The van der Waals surface area contributed by atoms with E-state index in [9.17, 15) is 9.59 Å². The monoisotopic (exact) mass is 295 g/mol. The summed E-state index contributed by atoms with van der Waals surface area (Å²) in [6.45, 7) is 3.56. The van der Waals surface area contributed by atoms with Gasteiger partial charge in [0.25, 0.3) is 0 Å². The van der Waals surface area contributed by atoms with Crippen LogP contribution in [0.15, 0.2) is 21.3 Å². The lowest BCUT2D eigenvalue weighted by Gasteiger charge is -2.32.